The number of nitrogens with one attached hydrogen (secondary N) is 2. The van der Waals surface area contributed by atoms with E-state index in [2.05, 4.69) is 30.8 Å². The molecule has 0 spiro atoms. The predicted molar refractivity (Wildman–Crippen MR) is 113 cm³/mol. The van der Waals surface area contributed by atoms with Crippen molar-refractivity contribution in [2.45, 2.75) is 6.54 Å². The van der Waals surface area contributed by atoms with Crippen LogP contribution in [0.1, 0.15) is 11.1 Å². The van der Waals surface area contributed by atoms with Gasteiger partial charge in [-0.2, -0.15) is 20.1 Å². The molecule has 0 amide bonds. The zero-order valence-corrected chi connectivity index (χ0v) is 16.0. The second-order valence-corrected chi connectivity index (χ2v) is 5.80. The molecule has 0 fully saturated rings. The molecule has 3 rings (SSSR count). The average Bonchev–Trinajstić information content (AvgIpc) is 2.68. The summed E-state index contributed by atoms with van der Waals surface area (Å²) < 4.78 is 0. The summed E-state index contributed by atoms with van der Waals surface area (Å²) in [6.07, 6.45) is 1.72. The molecule has 0 atom stereocenters. The van der Waals surface area contributed by atoms with E-state index in [0.29, 0.717) is 24.4 Å². The smallest absolute Gasteiger partial charge is 0.250 e. The monoisotopic (exact) mass is 383 g/mol. The van der Waals surface area contributed by atoms with Gasteiger partial charge in [0.05, 0.1) is 6.21 Å². The van der Waals surface area contributed by atoms with E-state index in [-0.39, 0.29) is 12.4 Å². The van der Waals surface area contributed by atoms with Crippen LogP contribution in [0.5, 0.6) is 0 Å². The van der Waals surface area contributed by atoms with Crippen LogP contribution in [0.2, 0.25) is 0 Å². The molecule has 27 heavy (non-hydrogen) atoms. The van der Waals surface area contributed by atoms with Crippen LogP contribution in [0.25, 0.3) is 0 Å². The van der Waals surface area contributed by atoms with Crippen LogP contribution in [0.4, 0.5) is 17.8 Å². The highest BCUT2D eigenvalue weighted by atomic mass is 35.5. The molecule has 0 radical (unpaired) electrons. The molecule has 8 heteroatoms. The van der Waals surface area contributed by atoms with Crippen molar-refractivity contribution in [3.8, 4) is 0 Å². The summed E-state index contributed by atoms with van der Waals surface area (Å²) >= 11 is 0. The van der Waals surface area contributed by atoms with Crippen LogP contribution < -0.4 is 15.6 Å². The van der Waals surface area contributed by atoms with Crippen LogP contribution >= 0.6 is 12.4 Å². The normalized spacial score (nSPS) is 10.3. The Hall–Kier alpha value is -3.19. The molecule has 0 aliphatic heterocycles. The molecule has 0 aliphatic rings. The quantitative estimate of drug-likeness (QED) is 0.481. The number of halogens is 1. The van der Waals surface area contributed by atoms with E-state index in [0.717, 1.165) is 11.1 Å². The van der Waals surface area contributed by atoms with Crippen molar-refractivity contribution in [2.24, 2.45) is 5.10 Å². The lowest BCUT2D eigenvalue weighted by molar-refractivity contribution is 0.940. The standard InChI is InChI=1S/C19H21N7.ClH/c1-26(2)19-23-17(20-13-15-9-5-3-6-10-15)22-18(24-19)25-21-14-16-11-7-4-8-12-16;/h3-12,14H,13H2,1-2H3,(H2,20,22,23,24,25);1H/b21-14+;. The fraction of sp³-hybridized carbons (Fsp3) is 0.158. The molecule has 7 nitrogen and oxygen atoms in total. The Morgan fingerprint density at radius 3 is 2.19 bits per heavy atom. The van der Waals surface area contributed by atoms with Crippen molar-refractivity contribution in [1.82, 2.24) is 15.0 Å². The van der Waals surface area contributed by atoms with E-state index in [1.54, 1.807) is 6.21 Å². The summed E-state index contributed by atoms with van der Waals surface area (Å²) in [5.41, 5.74) is 5.01. The minimum absolute atomic E-state index is 0. The maximum absolute atomic E-state index is 4.41. The highest BCUT2D eigenvalue weighted by molar-refractivity contribution is 5.85. The van der Waals surface area contributed by atoms with Gasteiger partial charge in [0.1, 0.15) is 0 Å². The van der Waals surface area contributed by atoms with Gasteiger partial charge in [0.2, 0.25) is 17.8 Å². The third-order valence-corrected chi connectivity index (χ3v) is 3.49. The summed E-state index contributed by atoms with van der Waals surface area (Å²) in [7, 11) is 3.76. The van der Waals surface area contributed by atoms with Crippen LogP contribution in [-0.2, 0) is 6.54 Å². The Kier molecular flexibility index (Phi) is 7.51. The summed E-state index contributed by atoms with van der Waals surface area (Å²) in [6, 6.07) is 19.9. The fourth-order valence-electron chi connectivity index (χ4n) is 2.17. The number of benzene rings is 2. The SMILES string of the molecule is CN(C)c1nc(NCc2ccccc2)nc(N/N=C/c2ccccc2)n1.Cl. The molecule has 0 aliphatic carbocycles. The first-order valence-electron chi connectivity index (χ1n) is 8.26. The molecule has 0 bridgehead atoms. The van der Waals surface area contributed by atoms with Crippen LogP contribution in [0.3, 0.4) is 0 Å². The summed E-state index contributed by atoms with van der Waals surface area (Å²) in [5.74, 6) is 1.42. The molecular weight excluding hydrogens is 362 g/mol. The predicted octanol–water partition coefficient (Wildman–Crippen LogP) is 3.42. The number of hydrazone groups is 1. The highest BCUT2D eigenvalue weighted by Crippen LogP contribution is 2.12. The Morgan fingerprint density at radius 2 is 1.52 bits per heavy atom. The molecule has 2 aromatic carbocycles. The van der Waals surface area contributed by atoms with Crippen LogP contribution in [0.15, 0.2) is 65.8 Å². The third kappa shape index (κ3) is 6.23. The van der Waals surface area contributed by atoms with Gasteiger partial charge in [-0.3, -0.25) is 0 Å². The van der Waals surface area contributed by atoms with Crippen molar-refractivity contribution >= 4 is 36.5 Å². The first-order chi connectivity index (χ1) is 12.7. The Morgan fingerprint density at radius 1 is 0.889 bits per heavy atom. The Labute approximate surface area is 165 Å². The van der Waals surface area contributed by atoms with E-state index in [1.165, 1.54) is 0 Å². The van der Waals surface area contributed by atoms with Gasteiger partial charge in [0, 0.05) is 20.6 Å². The molecule has 1 aromatic heterocycles. The number of anilines is 3. The summed E-state index contributed by atoms with van der Waals surface area (Å²) in [4.78, 5) is 15.0. The van der Waals surface area contributed by atoms with Crippen molar-refractivity contribution in [3.05, 3.63) is 71.8 Å². The average molecular weight is 384 g/mol. The third-order valence-electron chi connectivity index (χ3n) is 3.49. The van der Waals surface area contributed by atoms with Gasteiger partial charge in [-0.25, -0.2) is 5.43 Å². The lowest BCUT2D eigenvalue weighted by Gasteiger charge is -2.13. The number of hydrogen-bond donors (Lipinski definition) is 2. The van der Waals surface area contributed by atoms with Gasteiger partial charge in [0.25, 0.3) is 0 Å². The van der Waals surface area contributed by atoms with Crippen molar-refractivity contribution in [3.63, 3.8) is 0 Å². The molecule has 0 saturated carbocycles. The van der Waals surface area contributed by atoms with Crippen molar-refractivity contribution in [1.29, 1.82) is 0 Å². The molecule has 1 heterocycles. The zero-order valence-electron chi connectivity index (χ0n) is 15.2. The van der Waals surface area contributed by atoms with E-state index in [9.17, 15) is 0 Å². The second kappa shape index (κ2) is 10.1. The van der Waals surface area contributed by atoms with Gasteiger partial charge in [-0.15, -0.1) is 12.4 Å². The fourth-order valence-corrected chi connectivity index (χ4v) is 2.17. The van der Waals surface area contributed by atoms with Gasteiger partial charge < -0.3 is 10.2 Å². The van der Waals surface area contributed by atoms with Gasteiger partial charge in [0.15, 0.2) is 0 Å². The van der Waals surface area contributed by atoms with E-state index >= 15 is 0 Å². The first-order valence-corrected chi connectivity index (χ1v) is 8.26. The number of rotatable bonds is 7. The minimum Gasteiger partial charge on any atom is -0.350 e. The highest BCUT2D eigenvalue weighted by Gasteiger charge is 2.07. The molecule has 0 unspecified atom stereocenters. The molecule has 3 aromatic rings. The molecule has 0 saturated heterocycles. The van der Waals surface area contributed by atoms with E-state index in [1.807, 2.05) is 79.7 Å². The number of hydrogen-bond acceptors (Lipinski definition) is 7. The maximum Gasteiger partial charge on any atom is 0.250 e. The second-order valence-electron chi connectivity index (χ2n) is 5.80. The maximum atomic E-state index is 4.41. The number of nitrogens with zero attached hydrogens (tertiary/aromatic N) is 5. The van der Waals surface area contributed by atoms with Crippen molar-refractivity contribution in [2.75, 3.05) is 29.7 Å². The van der Waals surface area contributed by atoms with Gasteiger partial charge in [-0.05, 0) is 11.1 Å². The number of aromatic nitrogens is 3. The lowest BCUT2D eigenvalue weighted by atomic mass is 10.2. The van der Waals surface area contributed by atoms with E-state index < -0.39 is 0 Å². The largest absolute Gasteiger partial charge is 0.350 e. The summed E-state index contributed by atoms with van der Waals surface area (Å²) in [6.45, 7) is 0.629. The minimum atomic E-state index is 0. The molecule has 140 valence electrons. The first kappa shape index (κ1) is 20.1. The van der Waals surface area contributed by atoms with Gasteiger partial charge in [-0.1, -0.05) is 60.7 Å². The zero-order chi connectivity index (χ0) is 18.2. The summed E-state index contributed by atoms with van der Waals surface area (Å²) in [5, 5.41) is 7.42. The molecule has 2 N–H and O–H groups in total. The Bertz CT molecular complexity index is 854. The molecular formula is C19H22ClN7. The topological polar surface area (TPSA) is 78.3 Å². The lowest BCUT2D eigenvalue weighted by Crippen LogP contribution is -2.16. The van der Waals surface area contributed by atoms with Crippen LogP contribution in [-0.4, -0.2) is 35.3 Å². The van der Waals surface area contributed by atoms with Gasteiger partial charge >= 0.3 is 0 Å². The van der Waals surface area contributed by atoms with Crippen LogP contribution in [0, 0.1) is 0 Å². The van der Waals surface area contributed by atoms with E-state index in [4.69, 9.17) is 0 Å². The Balaban J connectivity index is 0.00000261. The van der Waals surface area contributed by atoms with Crippen molar-refractivity contribution < 1.29 is 0 Å².